The van der Waals surface area contributed by atoms with E-state index in [1.165, 1.54) is 5.56 Å². The van der Waals surface area contributed by atoms with Crippen molar-refractivity contribution in [2.75, 3.05) is 13.2 Å². The summed E-state index contributed by atoms with van der Waals surface area (Å²) in [5.41, 5.74) is 1.16. The Bertz CT molecular complexity index is 350. The molecule has 1 aliphatic heterocycles. The first-order valence-electron chi connectivity index (χ1n) is 6.17. The molecule has 0 saturated carbocycles. The SMILES string of the molecule is C=C[C@@H]1CC[C@](CO)(Cc2ccccc2)CO1. The maximum absolute atomic E-state index is 9.66. The first-order chi connectivity index (χ1) is 8.28. The van der Waals surface area contributed by atoms with E-state index in [4.69, 9.17) is 4.74 Å². The van der Waals surface area contributed by atoms with Gasteiger partial charge in [0, 0.05) is 5.41 Å². The molecule has 17 heavy (non-hydrogen) atoms. The molecule has 0 bridgehead atoms. The summed E-state index contributed by atoms with van der Waals surface area (Å²) in [5, 5.41) is 9.66. The fraction of sp³-hybridized carbons (Fsp3) is 0.467. The van der Waals surface area contributed by atoms with Gasteiger partial charge in [0.2, 0.25) is 0 Å². The molecule has 0 amide bonds. The molecular formula is C15H20O2. The normalized spacial score (nSPS) is 28.9. The lowest BCUT2D eigenvalue weighted by atomic mass is 9.77. The van der Waals surface area contributed by atoms with Crippen molar-refractivity contribution in [1.29, 1.82) is 0 Å². The van der Waals surface area contributed by atoms with E-state index in [1.807, 2.05) is 24.3 Å². The molecule has 1 saturated heterocycles. The van der Waals surface area contributed by atoms with Gasteiger partial charge in [-0.2, -0.15) is 0 Å². The van der Waals surface area contributed by atoms with E-state index in [0.29, 0.717) is 6.61 Å². The molecule has 1 N–H and O–H groups in total. The Balaban J connectivity index is 2.04. The van der Waals surface area contributed by atoms with Crippen molar-refractivity contribution in [3.63, 3.8) is 0 Å². The van der Waals surface area contributed by atoms with E-state index in [9.17, 15) is 5.11 Å². The van der Waals surface area contributed by atoms with Crippen LogP contribution in [0.25, 0.3) is 0 Å². The van der Waals surface area contributed by atoms with E-state index in [1.54, 1.807) is 0 Å². The molecule has 1 aliphatic rings. The topological polar surface area (TPSA) is 29.5 Å². The van der Waals surface area contributed by atoms with Crippen LogP contribution in [-0.4, -0.2) is 24.4 Å². The molecule has 0 aromatic heterocycles. The van der Waals surface area contributed by atoms with Gasteiger partial charge in [-0.05, 0) is 24.8 Å². The number of benzene rings is 1. The number of aliphatic hydroxyl groups is 1. The van der Waals surface area contributed by atoms with Gasteiger partial charge >= 0.3 is 0 Å². The Morgan fingerprint density at radius 1 is 1.41 bits per heavy atom. The van der Waals surface area contributed by atoms with Crippen molar-refractivity contribution in [1.82, 2.24) is 0 Å². The Morgan fingerprint density at radius 2 is 2.18 bits per heavy atom. The minimum Gasteiger partial charge on any atom is -0.396 e. The lowest BCUT2D eigenvalue weighted by Crippen LogP contribution is -2.40. The predicted molar refractivity (Wildman–Crippen MR) is 68.8 cm³/mol. The zero-order chi connectivity index (χ0) is 12.1. The average Bonchev–Trinajstić information content (AvgIpc) is 2.41. The molecule has 0 spiro atoms. The highest BCUT2D eigenvalue weighted by Gasteiger charge is 2.34. The summed E-state index contributed by atoms with van der Waals surface area (Å²) in [5.74, 6) is 0. The second-order valence-corrected chi connectivity index (χ2v) is 4.94. The largest absolute Gasteiger partial charge is 0.396 e. The van der Waals surface area contributed by atoms with Crippen LogP contribution in [0, 0.1) is 5.41 Å². The highest BCUT2D eigenvalue weighted by molar-refractivity contribution is 5.17. The Kier molecular flexibility index (Phi) is 3.97. The maximum Gasteiger partial charge on any atom is 0.0753 e. The molecule has 1 aromatic rings. The van der Waals surface area contributed by atoms with Crippen LogP contribution in [-0.2, 0) is 11.2 Å². The zero-order valence-corrected chi connectivity index (χ0v) is 10.1. The van der Waals surface area contributed by atoms with Crippen molar-refractivity contribution in [2.24, 2.45) is 5.41 Å². The van der Waals surface area contributed by atoms with Crippen LogP contribution in [0.3, 0.4) is 0 Å². The quantitative estimate of drug-likeness (QED) is 0.808. The number of hydrogen-bond acceptors (Lipinski definition) is 2. The first-order valence-corrected chi connectivity index (χ1v) is 6.17. The van der Waals surface area contributed by atoms with Crippen molar-refractivity contribution in [2.45, 2.75) is 25.4 Å². The molecule has 2 nitrogen and oxygen atoms in total. The Labute approximate surface area is 103 Å². The van der Waals surface area contributed by atoms with Crippen molar-refractivity contribution >= 4 is 0 Å². The molecule has 92 valence electrons. The monoisotopic (exact) mass is 232 g/mol. The van der Waals surface area contributed by atoms with Gasteiger partial charge in [0.25, 0.3) is 0 Å². The van der Waals surface area contributed by atoms with Crippen LogP contribution < -0.4 is 0 Å². The first kappa shape index (κ1) is 12.3. The summed E-state index contributed by atoms with van der Waals surface area (Å²) in [6, 6.07) is 10.3. The highest BCUT2D eigenvalue weighted by atomic mass is 16.5. The summed E-state index contributed by atoms with van der Waals surface area (Å²) in [6.07, 6.45) is 4.84. The molecule has 2 atom stereocenters. The Morgan fingerprint density at radius 3 is 2.71 bits per heavy atom. The van der Waals surface area contributed by atoms with Crippen molar-refractivity contribution in [3.05, 3.63) is 48.6 Å². The van der Waals surface area contributed by atoms with Crippen LogP contribution in [0.2, 0.25) is 0 Å². The third-order valence-electron chi connectivity index (χ3n) is 3.58. The van der Waals surface area contributed by atoms with Gasteiger partial charge in [-0.1, -0.05) is 36.4 Å². The molecule has 2 heteroatoms. The lowest BCUT2D eigenvalue weighted by molar-refractivity contribution is -0.0651. The van der Waals surface area contributed by atoms with E-state index in [-0.39, 0.29) is 18.1 Å². The van der Waals surface area contributed by atoms with Crippen LogP contribution in [0.4, 0.5) is 0 Å². The molecule has 0 aliphatic carbocycles. The van der Waals surface area contributed by atoms with Gasteiger partial charge in [-0.15, -0.1) is 6.58 Å². The predicted octanol–water partition coefficient (Wildman–Crippen LogP) is 2.57. The van der Waals surface area contributed by atoms with Gasteiger partial charge in [-0.3, -0.25) is 0 Å². The highest BCUT2D eigenvalue weighted by Crippen LogP contribution is 2.34. The second kappa shape index (κ2) is 5.48. The van der Waals surface area contributed by atoms with E-state index in [0.717, 1.165) is 19.3 Å². The van der Waals surface area contributed by atoms with E-state index < -0.39 is 0 Å². The molecule has 1 aromatic carbocycles. The summed E-state index contributed by atoms with van der Waals surface area (Å²) in [7, 11) is 0. The molecular weight excluding hydrogens is 212 g/mol. The third-order valence-corrected chi connectivity index (χ3v) is 3.58. The number of ether oxygens (including phenoxy) is 1. The minimum atomic E-state index is -0.110. The van der Waals surface area contributed by atoms with Crippen molar-refractivity contribution < 1.29 is 9.84 Å². The van der Waals surface area contributed by atoms with Gasteiger partial charge in [-0.25, -0.2) is 0 Å². The van der Waals surface area contributed by atoms with Gasteiger partial charge in [0.05, 0.1) is 19.3 Å². The second-order valence-electron chi connectivity index (χ2n) is 4.94. The van der Waals surface area contributed by atoms with Crippen LogP contribution in [0.15, 0.2) is 43.0 Å². The summed E-state index contributed by atoms with van der Waals surface area (Å²) in [4.78, 5) is 0. The third kappa shape index (κ3) is 2.96. The number of aliphatic hydroxyl groups excluding tert-OH is 1. The van der Waals surface area contributed by atoms with Crippen LogP contribution in [0.1, 0.15) is 18.4 Å². The van der Waals surface area contributed by atoms with Crippen molar-refractivity contribution in [3.8, 4) is 0 Å². The Hall–Kier alpha value is -1.12. The van der Waals surface area contributed by atoms with Crippen LogP contribution in [0.5, 0.6) is 0 Å². The molecule has 2 rings (SSSR count). The van der Waals surface area contributed by atoms with Gasteiger partial charge in [0.15, 0.2) is 0 Å². The lowest BCUT2D eigenvalue weighted by Gasteiger charge is -2.38. The summed E-state index contributed by atoms with van der Waals surface area (Å²) < 4.78 is 5.73. The number of rotatable bonds is 4. The summed E-state index contributed by atoms with van der Waals surface area (Å²) >= 11 is 0. The zero-order valence-electron chi connectivity index (χ0n) is 10.1. The molecule has 0 radical (unpaired) electrons. The molecule has 0 unspecified atom stereocenters. The number of hydrogen-bond donors (Lipinski definition) is 1. The minimum absolute atomic E-state index is 0.110. The summed E-state index contributed by atoms with van der Waals surface area (Å²) in [6.45, 7) is 4.56. The van der Waals surface area contributed by atoms with Gasteiger partial charge < -0.3 is 9.84 Å². The maximum atomic E-state index is 9.66. The molecule has 1 fully saturated rings. The standard InChI is InChI=1S/C15H20O2/c1-2-14-8-9-15(11-16,12-17-14)10-13-6-4-3-5-7-13/h2-7,14,16H,1,8-12H2/t14-,15-/m1/s1. The smallest absolute Gasteiger partial charge is 0.0753 e. The fourth-order valence-electron chi connectivity index (χ4n) is 2.42. The average molecular weight is 232 g/mol. The molecule has 1 heterocycles. The fourth-order valence-corrected chi connectivity index (χ4v) is 2.42. The van der Waals surface area contributed by atoms with E-state index >= 15 is 0 Å². The van der Waals surface area contributed by atoms with Crippen LogP contribution >= 0.6 is 0 Å². The van der Waals surface area contributed by atoms with Gasteiger partial charge in [0.1, 0.15) is 0 Å². The van der Waals surface area contributed by atoms with E-state index in [2.05, 4.69) is 18.7 Å².